The van der Waals surface area contributed by atoms with Gasteiger partial charge in [-0.2, -0.15) is 11.8 Å². The van der Waals surface area contributed by atoms with Gasteiger partial charge in [0.1, 0.15) is 0 Å². The Bertz CT molecular complexity index is 371. The average molecular weight is 344 g/mol. The summed E-state index contributed by atoms with van der Waals surface area (Å²) in [6, 6.07) is 0. The van der Waals surface area contributed by atoms with Gasteiger partial charge in [0.15, 0.2) is 5.96 Å². The highest BCUT2D eigenvalue weighted by Gasteiger charge is 2.28. The van der Waals surface area contributed by atoms with Crippen molar-refractivity contribution in [3.05, 3.63) is 0 Å². The van der Waals surface area contributed by atoms with E-state index in [0.717, 1.165) is 64.8 Å². The third-order valence-electron chi connectivity index (χ3n) is 4.10. The van der Waals surface area contributed by atoms with Crippen molar-refractivity contribution in [3.63, 3.8) is 0 Å². The Balaban J connectivity index is 1.68. The van der Waals surface area contributed by atoms with Crippen molar-refractivity contribution < 1.29 is 9.47 Å². The summed E-state index contributed by atoms with van der Waals surface area (Å²) in [6.07, 6.45) is 3.61. The van der Waals surface area contributed by atoms with E-state index in [0.29, 0.717) is 10.9 Å². The van der Waals surface area contributed by atoms with Crippen LogP contribution in [0.1, 0.15) is 40.0 Å². The van der Waals surface area contributed by atoms with Crippen LogP contribution in [0.25, 0.3) is 0 Å². The molecule has 0 aromatic heterocycles. The Labute approximate surface area is 145 Å². The van der Waals surface area contributed by atoms with Gasteiger partial charge in [0, 0.05) is 49.9 Å². The molecule has 0 bridgehead atoms. The molecule has 2 saturated heterocycles. The van der Waals surface area contributed by atoms with Crippen LogP contribution in [-0.2, 0) is 9.47 Å². The smallest absolute Gasteiger partial charge is 0.193 e. The third kappa shape index (κ3) is 6.89. The first-order chi connectivity index (χ1) is 11.1. The van der Waals surface area contributed by atoms with Crippen molar-refractivity contribution in [3.8, 4) is 0 Å². The molecule has 1 unspecified atom stereocenters. The van der Waals surface area contributed by atoms with Crippen molar-refractivity contribution in [2.75, 3.05) is 51.8 Å². The van der Waals surface area contributed by atoms with Gasteiger partial charge in [-0.25, -0.2) is 0 Å². The Morgan fingerprint density at radius 1 is 1.48 bits per heavy atom. The maximum absolute atomic E-state index is 5.71. The second-order valence-corrected chi connectivity index (χ2v) is 8.63. The molecule has 2 heterocycles. The van der Waals surface area contributed by atoms with Gasteiger partial charge in [0.2, 0.25) is 0 Å². The molecule has 0 radical (unpaired) electrons. The molecule has 0 amide bonds. The van der Waals surface area contributed by atoms with E-state index in [-0.39, 0.29) is 0 Å². The maximum atomic E-state index is 5.71. The van der Waals surface area contributed by atoms with Crippen LogP contribution in [0.2, 0.25) is 0 Å². The van der Waals surface area contributed by atoms with Gasteiger partial charge in [-0.3, -0.25) is 4.99 Å². The minimum atomic E-state index is 0.304. The molecule has 2 aliphatic heterocycles. The van der Waals surface area contributed by atoms with Gasteiger partial charge in [-0.1, -0.05) is 0 Å². The molecule has 1 atom stereocenters. The first-order valence-corrected chi connectivity index (χ1v) is 9.96. The van der Waals surface area contributed by atoms with E-state index in [2.05, 4.69) is 42.7 Å². The van der Waals surface area contributed by atoms with E-state index in [1.165, 1.54) is 12.2 Å². The summed E-state index contributed by atoms with van der Waals surface area (Å²) in [5, 5.41) is 3.43. The van der Waals surface area contributed by atoms with E-state index in [1.54, 1.807) is 0 Å². The Kier molecular flexibility index (Phi) is 7.99. The van der Waals surface area contributed by atoms with Gasteiger partial charge >= 0.3 is 0 Å². The highest BCUT2D eigenvalue weighted by Crippen LogP contribution is 2.29. The lowest BCUT2D eigenvalue weighted by Crippen LogP contribution is -2.51. The molecule has 0 aliphatic carbocycles. The number of hydrogen-bond acceptors (Lipinski definition) is 4. The Morgan fingerprint density at radius 3 is 3.04 bits per heavy atom. The lowest BCUT2D eigenvalue weighted by molar-refractivity contribution is 0.0170. The zero-order valence-corrected chi connectivity index (χ0v) is 15.8. The summed E-state index contributed by atoms with van der Waals surface area (Å²) in [7, 11) is 0. The van der Waals surface area contributed by atoms with Crippen molar-refractivity contribution >= 4 is 17.7 Å². The molecule has 0 aromatic rings. The molecule has 6 heteroatoms. The maximum Gasteiger partial charge on any atom is 0.193 e. The average Bonchev–Trinajstić information content (AvgIpc) is 3.02. The van der Waals surface area contributed by atoms with Crippen molar-refractivity contribution in [1.29, 1.82) is 0 Å². The van der Waals surface area contributed by atoms with E-state index >= 15 is 0 Å². The lowest BCUT2D eigenvalue weighted by Gasteiger charge is -2.39. The SMILES string of the molecule is CCNC(=NCCCOCC1CCCO1)N1CCSC(C)(C)C1. The van der Waals surface area contributed by atoms with E-state index in [9.17, 15) is 0 Å². The van der Waals surface area contributed by atoms with E-state index in [4.69, 9.17) is 14.5 Å². The molecule has 2 aliphatic rings. The summed E-state index contributed by atoms with van der Waals surface area (Å²) >= 11 is 2.05. The monoisotopic (exact) mass is 343 g/mol. The summed E-state index contributed by atoms with van der Waals surface area (Å²) in [6.45, 7) is 13.0. The highest BCUT2D eigenvalue weighted by atomic mass is 32.2. The number of aliphatic imine (C=N–C) groups is 1. The normalized spacial score (nSPS) is 24.9. The van der Waals surface area contributed by atoms with Gasteiger partial charge in [-0.05, 0) is 40.0 Å². The first-order valence-electron chi connectivity index (χ1n) is 8.97. The van der Waals surface area contributed by atoms with Crippen molar-refractivity contribution in [1.82, 2.24) is 10.2 Å². The number of nitrogens with zero attached hydrogens (tertiary/aromatic N) is 2. The Morgan fingerprint density at radius 2 is 2.35 bits per heavy atom. The molecular weight excluding hydrogens is 310 g/mol. The molecule has 23 heavy (non-hydrogen) atoms. The van der Waals surface area contributed by atoms with Gasteiger partial charge < -0.3 is 19.7 Å². The van der Waals surface area contributed by atoms with Crippen LogP contribution in [0.5, 0.6) is 0 Å². The summed E-state index contributed by atoms with van der Waals surface area (Å²) in [5.41, 5.74) is 0. The fraction of sp³-hybridized carbons (Fsp3) is 0.941. The molecule has 5 nitrogen and oxygen atoms in total. The molecule has 1 N–H and O–H groups in total. The third-order valence-corrected chi connectivity index (χ3v) is 5.39. The summed E-state index contributed by atoms with van der Waals surface area (Å²) in [4.78, 5) is 7.18. The zero-order chi connectivity index (χ0) is 16.5. The standard InChI is InChI=1S/C17H33N3O2S/c1-4-18-16(20-9-12-23-17(2,3)14-20)19-8-6-10-21-13-15-7-5-11-22-15/h15H,4-14H2,1-3H3,(H,18,19). The van der Waals surface area contributed by atoms with Crippen molar-refractivity contribution in [2.45, 2.75) is 50.9 Å². The number of guanidine groups is 1. The molecule has 0 saturated carbocycles. The molecule has 134 valence electrons. The minimum absolute atomic E-state index is 0.304. The van der Waals surface area contributed by atoms with Gasteiger partial charge in [-0.15, -0.1) is 0 Å². The second kappa shape index (κ2) is 9.74. The fourth-order valence-electron chi connectivity index (χ4n) is 2.97. The first kappa shape index (κ1) is 18.9. The predicted octanol–water partition coefficient (Wildman–Crippen LogP) is 2.37. The van der Waals surface area contributed by atoms with Gasteiger partial charge in [0.25, 0.3) is 0 Å². The molecular formula is C17H33N3O2S. The van der Waals surface area contributed by atoms with Crippen LogP contribution in [0, 0.1) is 0 Å². The van der Waals surface area contributed by atoms with Crippen LogP contribution in [0.4, 0.5) is 0 Å². The number of rotatable bonds is 7. The topological polar surface area (TPSA) is 46.1 Å². The van der Waals surface area contributed by atoms with Crippen LogP contribution in [0.15, 0.2) is 4.99 Å². The second-order valence-electron chi connectivity index (χ2n) is 6.83. The van der Waals surface area contributed by atoms with Crippen LogP contribution in [0.3, 0.4) is 0 Å². The van der Waals surface area contributed by atoms with Crippen LogP contribution < -0.4 is 5.32 Å². The number of thioether (sulfide) groups is 1. The molecule has 2 fully saturated rings. The van der Waals surface area contributed by atoms with Crippen molar-refractivity contribution in [2.24, 2.45) is 4.99 Å². The van der Waals surface area contributed by atoms with Crippen LogP contribution in [-0.4, -0.2) is 73.5 Å². The zero-order valence-electron chi connectivity index (χ0n) is 15.0. The van der Waals surface area contributed by atoms with Gasteiger partial charge in [0.05, 0.1) is 12.7 Å². The highest BCUT2D eigenvalue weighted by molar-refractivity contribution is 8.00. The number of nitrogens with one attached hydrogen (secondary N) is 1. The Hall–Kier alpha value is -0.460. The molecule has 0 spiro atoms. The quantitative estimate of drug-likeness (QED) is 0.437. The molecule has 0 aromatic carbocycles. The lowest BCUT2D eigenvalue weighted by atomic mass is 10.2. The fourth-order valence-corrected chi connectivity index (χ4v) is 4.08. The van der Waals surface area contributed by atoms with E-state index in [1.807, 2.05) is 0 Å². The molecule has 2 rings (SSSR count). The minimum Gasteiger partial charge on any atom is -0.379 e. The summed E-state index contributed by atoms with van der Waals surface area (Å²) in [5.74, 6) is 2.22. The largest absolute Gasteiger partial charge is 0.379 e. The predicted molar refractivity (Wildman–Crippen MR) is 98.5 cm³/mol. The number of hydrogen-bond donors (Lipinski definition) is 1. The number of ether oxygens (including phenoxy) is 2. The van der Waals surface area contributed by atoms with Crippen LogP contribution >= 0.6 is 11.8 Å². The van der Waals surface area contributed by atoms with E-state index < -0.39 is 0 Å². The summed E-state index contributed by atoms with van der Waals surface area (Å²) < 4.78 is 11.6.